The second kappa shape index (κ2) is 5.82. The molecular formula is C14H18BrNO3. The Morgan fingerprint density at radius 1 is 1.37 bits per heavy atom. The lowest BCUT2D eigenvalue weighted by atomic mass is 9.90. The Labute approximate surface area is 121 Å². The fourth-order valence-electron chi connectivity index (χ4n) is 1.80. The molecule has 0 fully saturated rings. The van der Waals surface area contributed by atoms with E-state index in [0.29, 0.717) is 23.6 Å². The number of rotatable bonds is 5. The second-order valence-corrected chi connectivity index (χ2v) is 6.15. The van der Waals surface area contributed by atoms with Gasteiger partial charge in [-0.25, -0.2) is 0 Å². The van der Waals surface area contributed by atoms with Crippen LogP contribution in [-0.2, 0) is 0 Å². The Kier molecular flexibility index (Phi) is 4.34. The van der Waals surface area contributed by atoms with Crippen LogP contribution in [0.3, 0.4) is 0 Å². The van der Waals surface area contributed by atoms with Gasteiger partial charge in [0.1, 0.15) is 0 Å². The van der Waals surface area contributed by atoms with Gasteiger partial charge in [0.2, 0.25) is 6.79 Å². The molecule has 104 valence electrons. The zero-order valence-corrected chi connectivity index (χ0v) is 12.7. The Balaban J connectivity index is 1.97. The maximum Gasteiger partial charge on any atom is 0.251 e. The van der Waals surface area contributed by atoms with Crippen LogP contribution < -0.4 is 14.8 Å². The van der Waals surface area contributed by atoms with Crippen molar-refractivity contribution in [3.05, 3.63) is 23.8 Å². The molecule has 5 heteroatoms. The van der Waals surface area contributed by atoms with Crippen molar-refractivity contribution in [2.45, 2.75) is 20.3 Å². The van der Waals surface area contributed by atoms with Gasteiger partial charge in [-0.05, 0) is 30.0 Å². The van der Waals surface area contributed by atoms with Crippen molar-refractivity contribution in [2.24, 2.45) is 5.41 Å². The monoisotopic (exact) mass is 327 g/mol. The van der Waals surface area contributed by atoms with Gasteiger partial charge in [0.25, 0.3) is 5.91 Å². The summed E-state index contributed by atoms with van der Waals surface area (Å²) in [4.78, 5) is 12.1. The molecule has 0 unspecified atom stereocenters. The number of halogens is 1. The SMILES string of the molecule is CC(C)(CCBr)CNC(=O)c1ccc2c(c1)OCO2. The number of carbonyl (C=O) groups excluding carboxylic acids is 1. The predicted octanol–water partition coefficient (Wildman–Crippen LogP) is 2.96. The Morgan fingerprint density at radius 2 is 2.11 bits per heavy atom. The number of alkyl halides is 1. The van der Waals surface area contributed by atoms with E-state index in [2.05, 4.69) is 35.1 Å². The van der Waals surface area contributed by atoms with Gasteiger partial charge in [0.05, 0.1) is 0 Å². The van der Waals surface area contributed by atoms with E-state index in [1.807, 2.05) is 0 Å². The third-order valence-electron chi connectivity index (χ3n) is 3.13. The first-order valence-corrected chi connectivity index (χ1v) is 7.38. The van der Waals surface area contributed by atoms with Gasteiger partial charge in [0.15, 0.2) is 11.5 Å². The van der Waals surface area contributed by atoms with Gasteiger partial charge >= 0.3 is 0 Å². The van der Waals surface area contributed by atoms with Crippen LogP contribution in [0.4, 0.5) is 0 Å². The van der Waals surface area contributed by atoms with Crippen molar-refractivity contribution in [3.63, 3.8) is 0 Å². The molecule has 1 aliphatic heterocycles. The number of hydrogen-bond donors (Lipinski definition) is 1. The zero-order valence-electron chi connectivity index (χ0n) is 11.2. The van der Waals surface area contributed by atoms with E-state index in [0.717, 1.165) is 11.8 Å². The molecule has 1 heterocycles. The van der Waals surface area contributed by atoms with Gasteiger partial charge in [-0.3, -0.25) is 4.79 Å². The molecule has 4 nitrogen and oxygen atoms in total. The van der Waals surface area contributed by atoms with Crippen LogP contribution in [0.25, 0.3) is 0 Å². The summed E-state index contributed by atoms with van der Waals surface area (Å²) < 4.78 is 10.5. The highest BCUT2D eigenvalue weighted by Gasteiger charge is 2.20. The maximum absolute atomic E-state index is 12.1. The zero-order chi connectivity index (χ0) is 13.9. The van der Waals surface area contributed by atoms with E-state index in [1.165, 1.54) is 0 Å². The van der Waals surface area contributed by atoms with Crippen LogP contribution in [0.5, 0.6) is 11.5 Å². The Hall–Kier alpha value is -1.23. The molecule has 0 saturated carbocycles. The smallest absolute Gasteiger partial charge is 0.251 e. The average Bonchev–Trinajstić information content (AvgIpc) is 2.83. The standard InChI is InChI=1S/C14H18BrNO3/c1-14(2,5-6-15)8-16-13(17)10-3-4-11-12(7-10)19-9-18-11/h3-4,7H,5-6,8-9H2,1-2H3,(H,16,17). The molecule has 0 aliphatic carbocycles. The lowest BCUT2D eigenvalue weighted by molar-refractivity contribution is 0.0935. The second-order valence-electron chi connectivity index (χ2n) is 5.35. The van der Waals surface area contributed by atoms with Gasteiger partial charge in [-0.15, -0.1) is 0 Å². The maximum atomic E-state index is 12.1. The molecule has 0 aromatic heterocycles. The highest BCUT2D eigenvalue weighted by molar-refractivity contribution is 9.09. The molecule has 1 aliphatic rings. The van der Waals surface area contributed by atoms with E-state index in [-0.39, 0.29) is 18.1 Å². The fourth-order valence-corrected chi connectivity index (χ4v) is 2.88. The van der Waals surface area contributed by atoms with Gasteiger partial charge < -0.3 is 14.8 Å². The number of amides is 1. The number of hydrogen-bond acceptors (Lipinski definition) is 3. The van der Waals surface area contributed by atoms with Crippen molar-refractivity contribution < 1.29 is 14.3 Å². The number of benzene rings is 1. The lowest BCUT2D eigenvalue weighted by Crippen LogP contribution is -2.34. The molecule has 0 atom stereocenters. The predicted molar refractivity (Wildman–Crippen MR) is 77.1 cm³/mol. The van der Waals surface area contributed by atoms with Crippen LogP contribution in [0.15, 0.2) is 18.2 Å². The summed E-state index contributed by atoms with van der Waals surface area (Å²) in [5.74, 6) is 1.24. The summed E-state index contributed by atoms with van der Waals surface area (Å²) in [6, 6.07) is 5.23. The van der Waals surface area contributed by atoms with E-state index < -0.39 is 0 Å². The van der Waals surface area contributed by atoms with Gasteiger partial charge in [-0.2, -0.15) is 0 Å². The summed E-state index contributed by atoms with van der Waals surface area (Å²) in [5.41, 5.74) is 0.675. The number of carbonyl (C=O) groups is 1. The summed E-state index contributed by atoms with van der Waals surface area (Å²) in [7, 11) is 0. The molecule has 0 radical (unpaired) electrons. The third kappa shape index (κ3) is 3.62. The minimum atomic E-state index is -0.0825. The first kappa shape index (κ1) is 14.2. The normalized spacial score (nSPS) is 13.4. The van der Waals surface area contributed by atoms with Crippen LogP contribution in [0.2, 0.25) is 0 Å². The van der Waals surface area contributed by atoms with Crippen molar-refractivity contribution >= 4 is 21.8 Å². The molecule has 0 bridgehead atoms. The van der Waals surface area contributed by atoms with Crippen molar-refractivity contribution in [1.82, 2.24) is 5.32 Å². The first-order valence-electron chi connectivity index (χ1n) is 6.26. The topological polar surface area (TPSA) is 47.6 Å². The van der Waals surface area contributed by atoms with E-state index in [4.69, 9.17) is 9.47 Å². The molecule has 19 heavy (non-hydrogen) atoms. The van der Waals surface area contributed by atoms with E-state index >= 15 is 0 Å². The molecule has 1 amide bonds. The largest absolute Gasteiger partial charge is 0.454 e. The third-order valence-corrected chi connectivity index (χ3v) is 3.53. The minimum Gasteiger partial charge on any atom is -0.454 e. The fraction of sp³-hybridized carbons (Fsp3) is 0.500. The van der Waals surface area contributed by atoms with Crippen LogP contribution in [0, 0.1) is 5.41 Å². The van der Waals surface area contributed by atoms with Crippen LogP contribution in [-0.4, -0.2) is 24.6 Å². The lowest BCUT2D eigenvalue weighted by Gasteiger charge is -2.23. The molecular weight excluding hydrogens is 310 g/mol. The number of nitrogens with one attached hydrogen (secondary N) is 1. The molecule has 2 rings (SSSR count). The summed E-state index contributed by atoms with van der Waals surface area (Å²) in [6.07, 6.45) is 1.01. The number of fused-ring (bicyclic) bond motifs is 1. The molecule has 1 aromatic rings. The highest BCUT2D eigenvalue weighted by Crippen LogP contribution is 2.32. The quantitative estimate of drug-likeness (QED) is 0.846. The average molecular weight is 328 g/mol. The summed E-state index contributed by atoms with van der Waals surface area (Å²) >= 11 is 3.43. The Bertz CT molecular complexity index is 474. The van der Waals surface area contributed by atoms with E-state index in [1.54, 1.807) is 18.2 Å². The Morgan fingerprint density at radius 3 is 2.84 bits per heavy atom. The summed E-state index contributed by atoms with van der Waals surface area (Å²) in [5, 5.41) is 3.89. The minimum absolute atomic E-state index is 0.0789. The van der Waals surface area contributed by atoms with Crippen molar-refractivity contribution in [2.75, 3.05) is 18.7 Å². The van der Waals surface area contributed by atoms with Crippen LogP contribution in [0.1, 0.15) is 30.6 Å². The van der Waals surface area contributed by atoms with Gasteiger partial charge in [-0.1, -0.05) is 29.8 Å². The van der Waals surface area contributed by atoms with Crippen molar-refractivity contribution in [1.29, 1.82) is 0 Å². The number of ether oxygens (including phenoxy) is 2. The summed E-state index contributed by atoms with van der Waals surface area (Å²) in [6.45, 7) is 5.13. The molecule has 1 N–H and O–H groups in total. The van der Waals surface area contributed by atoms with E-state index in [9.17, 15) is 4.79 Å². The molecule has 0 saturated heterocycles. The highest BCUT2D eigenvalue weighted by atomic mass is 79.9. The molecule has 0 spiro atoms. The van der Waals surface area contributed by atoms with Gasteiger partial charge in [0, 0.05) is 17.4 Å². The molecule has 1 aromatic carbocycles. The first-order chi connectivity index (χ1) is 9.02. The van der Waals surface area contributed by atoms with Crippen LogP contribution >= 0.6 is 15.9 Å². The van der Waals surface area contributed by atoms with Crippen molar-refractivity contribution in [3.8, 4) is 11.5 Å².